The van der Waals surface area contributed by atoms with Crippen LogP contribution in [0.2, 0.25) is 0 Å². The molecule has 4 saturated carbocycles. The summed E-state index contributed by atoms with van der Waals surface area (Å²) in [6.45, 7) is 4.49. The number of piperazine rings is 1. The van der Waals surface area contributed by atoms with Crippen molar-refractivity contribution in [2.75, 3.05) is 45.2 Å². The van der Waals surface area contributed by atoms with E-state index in [9.17, 15) is 9.59 Å². The number of rotatable bonds is 5. The van der Waals surface area contributed by atoms with Gasteiger partial charge in [0.05, 0.1) is 19.2 Å². The number of nitrogens with zero attached hydrogens (tertiary/aromatic N) is 2. The van der Waals surface area contributed by atoms with Gasteiger partial charge in [-0.2, -0.15) is 0 Å². The predicted octanol–water partition coefficient (Wildman–Crippen LogP) is 3.79. The van der Waals surface area contributed by atoms with Crippen LogP contribution in [0.1, 0.15) is 65.7 Å². The van der Waals surface area contributed by atoms with E-state index in [2.05, 4.69) is 15.1 Å². The van der Waals surface area contributed by atoms with E-state index < -0.39 is 0 Å². The van der Waals surface area contributed by atoms with E-state index in [1.807, 2.05) is 0 Å². The quantitative estimate of drug-likeness (QED) is 0.662. The smallest absolute Gasteiger partial charge is 0.341 e. The molecule has 0 aromatic carbocycles. The van der Waals surface area contributed by atoms with Gasteiger partial charge >= 0.3 is 5.97 Å². The van der Waals surface area contributed by atoms with Gasteiger partial charge in [0.15, 0.2) is 0 Å². The van der Waals surface area contributed by atoms with E-state index in [0.29, 0.717) is 17.1 Å². The van der Waals surface area contributed by atoms with Crippen LogP contribution in [0.4, 0.5) is 5.00 Å². The molecule has 0 unspecified atom stereocenters. The first-order chi connectivity index (χ1) is 16.1. The van der Waals surface area contributed by atoms with Crippen molar-refractivity contribution < 1.29 is 14.3 Å². The second kappa shape index (κ2) is 8.97. The van der Waals surface area contributed by atoms with Crippen LogP contribution >= 0.6 is 11.3 Å². The Morgan fingerprint density at radius 3 is 2.30 bits per heavy atom. The monoisotopic (exact) mass is 471 g/mol. The molecule has 1 aromatic rings. The molecule has 0 radical (unpaired) electrons. The van der Waals surface area contributed by atoms with Gasteiger partial charge in [0.1, 0.15) is 5.00 Å². The fourth-order valence-electron chi connectivity index (χ4n) is 8.05. The van der Waals surface area contributed by atoms with Crippen molar-refractivity contribution >= 4 is 28.2 Å². The van der Waals surface area contributed by atoms with Crippen LogP contribution in [0.15, 0.2) is 0 Å². The van der Waals surface area contributed by atoms with E-state index in [1.165, 1.54) is 44.1 Å². The summed E-state index contributed by atoms with van der Waals surface area (Å²) in [5.41, 5.74) is 1.69. The molecular weight excluding hydrogens is 434 g/mol. The minimum absolute atomic E-state index is 0.0122. The third-order valence-electron chi connectivity index (χ3n) is 9.19. The highest BCUT2D eigenvalue weighted by Gasteiger charge is 2.50. The Bertz CT molecular complexity index is 892. The lowest BCUT2D eigenvalue weighted by molar-refractivity contribution is -0.118. The highest BCUT2D eigenvalue weighted by atomic mass is 32.1. The minimum Gasteiger partial charge on any atom is -0.465 e. The number of nitrogens with one attached hydrogen (secondary N) is 1. The van der Waals surface area contributed by atoms with Gasteiger partial charge in [0.2, 0.25) is 5.91 Å². The molecule has 6 aliphatic rings. The Labute approximate surface area is 201 Å². The van der Waals surface area contributed by atoms with Crippen LogP contribution < -0.4 is 5.32 Å². The third kappa shape index (κ3) is 4.14. The predicted molar refractivity (Wildman–Crippen MR) is 130 cm³/mol. The lowest BCUT2D eigenvalue weighted by Gasteiger charge is -2.58. The van der Waals surface area contributed by atoms with E-state index >= 15 is 0 Å². The van der Waals surface area contributed by atoms with Crippen molar-refractivity contribution in [3.63, 3.8) is 0 Å². The molecule has 1 amide bonds. The van der Waals surface area contributed by atoms with Gasteiger partial charge in [0, 0.05) is 37.1 Å². The first-order valence-electron chi connectivity index (χ1n) is 13.1. The maximum absolute atomic E-state index is 12.9. The summed E-state index contributed by atoms with van der Waals surface area (Å²) in [5.74, 6) is 3.56. The fourth-order valence-corrected chi connectivity index (χ4v) is 9.35. The summed E-state index contributed by atoms with van der Waals surface area (Å²) in [5, 5.41) is 3.76. The fraction of sp³-hybridized carbons (Fsp3) is 0.769. The molecular formula is C26H37N3O3S. The molecule has 1 aromatic heterocycles. The number of methoxy groups -OCH3 is 1. The van der Waals surface area contributed by atoms with Crippen molar-refractivity contribution in [3.8, 4) is 0 Å². The zero-order chi connectivity index (χ0) is 22.5. The van der Waals surface area contributed by atoms with Gasteiger partial charge in [-0.05, 0) is 87.0 Å². The molecule has 33 heavy (non-hydrogen) atoms. The Balaban J connectivity index is 1.05. The van der Waals surface area contributed by atoms with E-state index in [1.54, 1.807) is 11.3 Å². The number of fused-ring (bicyclic) bond motifs is 1. The van der Waals surface area contributed by atoms with Crippen molar-refractivity contribution in [2.24, 2.45) is 23.7 Å². The van der Waals surface area contributed by atoms with Gasteiger partial charge in [-0.15, -0.1) is 11.3 Å². The topological polar surface area (TPSA) is 61.9 Å². The van der Waals surface area contributed by atoms with Crippen LogP contribution in [0.5, 0.6) is 0 Å². The molecule has 1 aliphatic heterocycles. The lowest BCUT2D eigenvalue weighted by atomic mass is 9.54. The normalized spacial score (nSPS) is 33.7. The van der Waals surface area contributed by atoms with Crippen LogP contribution in [0, 0.1) is 23.7 Å². The van der Waals surface area contributed by atoms with Crippen molar-refractivity contribution in [2.45, 2.75) is 63.8 Å². The molecule has 4 bridgehead atoms. The molecule has 1 N–H and O–H groups in total. The van der Waals surface area contributed by atoms with Crippen molar-refractivity contribution in [3.05, 3.63) is 16.0 Å². The van der Waals surface area contributed by atoms with Gasteiger partial charge in [-0.3, -0.25) is 14.6 Å². The second-order valence-corrected chi connectivity index (χ2v) is 12.3. The molecule has 7 rings (SSSR count). The standard InChI is InChI=1S/C26H37N3O3S/c1-32-26(31)23-20-4-2-3-5-21(20)33-25(23)27-22(30)15-28-6-8-29(9-7-28)24-18-11-16-10-17(13-18)14-19(24)12-16/h16-19,24H,2-15H2,1H3,(H,27,30). The third-order valence-corrected chi connectivity index (χ3v) is 10.4. The number of anilines is 1. The Hall–Kier alpha value is -1.44. The van der Waals surface area contributed by atoms with Crippen LogP contribution in [-0.2, 0) is 22.4 Å². The van der Waals surface area contributed by atoms with Crippen LogP contribution in [-0.4, -0.2) is 67.6 Å². The van der Waals surface area contributed by atoms with Crippen LogP contribution in [0.25, 0.3) is 0 Å². The largest absolute Gasteiger partial charge is 0.465 e. The molecule has 0 spiro atoms. The number of carbonyl (C=O) groups excluding carboxylic acids is 2. The Kier molecular flexibility index (Phi) is 5.99. The number of amides is 1. The molecule has 180 valence electrons. The van der Waals surface area contributed by atoms with Gasteiger partial charge in [-0.25, -0.2) is 4.79 Å². The number of hydrogen-bond donors (Lipinski definition) is 1. The van der Waals surface area contributed by atoms with E-state index in [-0.39, 0.29) is 11.9 Å². The summed E-state index contributed by atoms with van der Waals surface area (Å²) in [6.07, 6.45) is 11.5. The van der Waals surface area contributed by atoms with E-state index in [0.717, 1.165) is 87.1 Å². The van der Waals surface area contributed by atoms with Crippen LogP contribution in [0.3, 0.4) is 0 Å². The number of hydrogen-bond acceptors (Lipinski definition) is 6. The van der Waals surface area contributed by atoms with Crippen molar-refractivity contribution in [1.82, 2.24) is 9.80 Å². The summed E-state index contributed by atoms with van der Waals surface area (Å²) in [6, 6.07) is 0.800. The number of carbonyl (C=O) groups is 2. The minimum atomic E-state index is -0.325. The molecule has 2 heterocycles. The zero-order valence-corrected chi connectivity index (χ0v) is 20.6. The summed E-state index contributed by atoms with van der Waals surface area (Å²) in [4.78, 5) is 31.7. The number of aryl methyl sites for hydroxylation is 1. The molecule has 7 heteroatoms. The van der Waals surface area contributed by atoms with Crippen molar-refractivity contribution in [1.29, 1.82) is 0 Å². The first-order valence-corrected chi connectivity index (χ1v) is 13.9. The molecule has 6 nitrogen and oxygen atoms in total. The average molecular weight is 472 g/mol. The molecule has 0 atom stereocenters. The molecule has 1 saturated heterocycles. The maximum atomic E-state index is 12.9. The van der Waals surface area contributed by atoms with Gasteiger partial charge in [-0.1, -0.05) is 0 Å². The summed E-state index contributed by atoms with van der Waals surface area (Å²) < 4.78 is 5.04. The highest BCUT2D eigenvalue weighted by Crippen LogP contribution is 2.55. The Morgan fingerprint density at radius 2 is 1.64 bits per heavy atom. The number of esters is 1. The lowest BCUT2D eigenvalue weighted by Crippen LogP contribution is -2.60. The first kappa shape index (κ1) is 22.1. The highest BCUT2D eigenvalue weighted by molar-refractivity contribution is 7.17. The number of ether oxygens (including phenoxy) is 1. The number of thiophene rings is 1. The SMILES string of the molecule is COC(=O)c1c(NC(=O)CN2CCN(C3C4CC5CC(C4)CC3C5)CC2)sc2c1CCCC2. The zero-order valence-electron chi connectivity index (χ0n) is 19.8. The summed E-state index contributed by atoms with van der Waals surface area (Å²) in [7, 11) is 1.42. The maximum Gasteiger partial charge on any atom is 0.341 e. The van der Waals surface area contributed by atoms with Gasteiger partial charge < -0.3 is 10.1 Å². The average Bonchev–Trinajstić information content (AvgIpc) is 3.16. The Morgan fingerprint density at radius 1 is 0.970 bits per heavy atom. The molecule has 5 fully saturated rings. The van der Waals surface area contributed by atoms with Gasteiger partial charge in [0.25, 0.3) is 0 Å². The second-order valence-electron chi connectivity index (χ2n) is 11.2. The summed E-state index contributed by atoms with van der Waals surface area (Å²) >= 11 is 1.57. The molecule has 5 aliphatic carbocycles. The van der Waals surface area contributed by atoms with E-state index in [4.69, 9.17) is 4.74 Å².